The summed E-state index contributed by atoms with van der Waals surface area (Å²) < 4.78 is 5.31. The predicted octanol–water partition coefficient (Wildman–Crippen LogP) is 2.19. The van der Waals surface area contributed by atoms with E-state index in [4.69, 9.17) is 4.74 Å². The van der Waals surface area contributed by atoms with E-state index >= 15 is 0 Å². The highest BCUT2D eigenvalue weighted by Crippen LogP contribution is 2.24. The third kappa shape index (κ3) is 3.40. The Balaban J connectivity index is 1.87. The third-order valence-corrected chi connectivity index (χ3v) is 3.09. The van der Waals surface area contributed by atoms with Crippen LogP contribution < -0.4 is 5.32 Å². The highest BCUT2D eigenvalue weighted by atomic mass is 16.5. The molecule has 94 valence electrons. The second kappa shape index (κ2) is 6.55. The molecule has 0 aromatic carbocycles. The summed E-state index contributed by atoms with van der Waals surface area (Å²) in [6.07, 6.45) is 7.43. The van der Waals surface area contributed by atoms with Crippen molar-refractivity contribution in [3.05, 3.63) is 17.6 Å². The first kappa shape index (κ1) is 12.3. The van der Waals surface area contributed by atoms with Crippen molar-refractivity contribution in [1.29, 1.82) is 0 Å². The van der Waals surface area contributed by atoms with Crippen LogP contribution in [0.15, 0.2) is 6.33 Å². The lowest BCUT2D eigenvalue weighted by Gasteiger charge is -2.17. The van der Waals surface area contributed by atoms with Gasteiger partial charge < -0.3 is 10.1 Å². The highest BCUT2D eigenvalue weighted by molar-refractivity contribution is 5.46. The van der Waals surface area contributed by atoms with E-state index in [0.29, 0.717) is 0 Å². The van der Waals surface area contributed by atoms with Gasteiger partial charge in [0.25, 0.3) is 0 Å². The molecule has 0 saturated carbocycles. The zero-order chi connectivity index (χ0) is 11.9. The molecule has 0 saturated heterocycles. The molecule has 1 aliphatic rings. The van der Waals surface area contributed by atoms with Crippen LogP contribution in [-0.4, -0.2) is 29.7 Å². The van der Waals surface area contributed by atoms with Gasteiger partial charge in [0.05, 0.1) is 0 Å². The number of rotatable bonds is 6. The lowest BCUT2D eigenvalue weighted by atomic mass is 9.96. The average Bonchev–Trinajstić information content (AvgIpc) is 2.39. The van der Waals surface area contributed by atoms with Crippen LogP contribution in [0.1, 0.15) is 37.4 Å². The van der Waals surface area contributed by atoms with E-state index < -0.39 is 0 Å². The third-order valence-electron chi connectivity index (χ3n) is 3.09. The van der Waals surface area contributed by atoms with E-state index in [2.05, 4.69) is 15.3 Å². The summed E-state index contributed by atoms with van der Waals surface area (Å²) in [6.45, 7) is 4.55. The average molecular weight is 235 g/mol. The van der Waals surface area contributed by atoms with Gasteiger partial charge in [0.15, 0.2) is 0 Å². The fraction of sp³-hybridized carbons (Fsp3) is 0.692. The van der Waals surface area contributed by atoms with Crippen LogP contribution >= 0.6 is 0 Å². The molecular weight excluding hydrogens is 214 g/mol. The quantitative estimate of drug-likeness (QED) is 0.768. The monoisotopic (exact) mass is 235 g/mol. The summed E-state index contributed by atoms with van der Waals surface area (Å²) in [7, 11) is 0. The Bertz CT molecular complexity index is 355. The number of aryl methyl sites for hydroxylation is 1. The molecule has 17 heavy (non-hydrogen) atoms. The summed E-state index contributed by atoms with van der Waals surface area (Å²) in [5.74, 6) is 1.03. The molecule has 0 amide bonds. The van der Waals surface area contributed by atoms with E-state index in [-0.39, 0.29) is 0 Å². The number of anilines is 1. The number of hydrogen-bond acceptors (Lipinski definition) is 4. The number of nitrogens with one attached hydrogen (secondary N) is 1. The van der Waals surface area contributed by atoms with Crippen LogP contribution in [0.5, 0.6) is 0 Å². The van der Waals surface area contributed by atoms with Crippen molar-refractivity contribution >= 4 is 5.82 Å². The van der Waals surface area contributed by atoms with Crippen molar-refractivity contribution in [3.8, 4) is 0 Å². The summed E-state index contributed by atoms with van der Waals surface area (Å²) in [6, 6.07) is 0. The minimum absolute atomic E-state index is 0.795. The summed E-state index contributed by atoms with van der Waals surface area (Å²) >= 11 is 0. The number of ether oxygens (including phenoxy) is 1. The minimum atomic E-state index is 0.795. The Hall–Kier alpha value is -1.16. The lowest BCUT2D eigenvalue weighted by Crippen LogP contribution is -2.13. The van der Waals surface area contributed by atoms with E-state index in [9.17, 15) is 0 Å². The molecular formula is C13H21N3O. The standard InChI is InChI=1S/C13H21N3O/c1-2-17-9-5-8-14-13-11-6-3-4-7-12(11)15-10-16-13/h10H,2-9H2,1H3,(H,14,15,16). The lowest BCUT2D eigenvalue weighted by molar-refractivity contribution is 0.147. The zero-order valence-corrected chi connectivity index (χ0v) is 10.5. The van der Waals surface area contributed by atoms with Crippen LogP contribution in [0.2, 0.25) is 0 Å². The smallest absolute Gasteiger partial charge is 0.132 e. The van der Waals surface area contributed by atoms with E-state index in [1.54, 1.807) is 6.33 Å². The van der Waals surface area contributed by atoms with Crippen molar-refractivity contribution < 1.29 is 4.74 Å². The van der Waals surface area contributed by atoms with Gasteiger partial charge in [-0.05, 0) is 39.0 Å². The molecule has 0 unspecified atom stereocenters. The van der Waals surface area contributed by atoms with Crippen molar-refractivity contribution in [2.75, 3.05) is 25.1 Å². The van der Waals surface area contributed by atoms with E-state index in [1.165, 1.54) is 24.1 Å². The normalized spacial score (nSPS) is 14.4. The van der Waals surface area contributed by atoms with Gasteiger partial charge in [0, 0.05) is 31.0 Å². The number of hydrogen-bond donors (Lipinski definition) is 1. The number of fused-ring (bicyclic) bond motifs is 1. The molecule has 0 radical (unpaired) electrons. The van der Waals surface area contributed by atoms with Gasteiger partial charge in [0.2, 0.25) is 0 Å². The van der Waals surface area contributed by atoms with Crippen LogP contribution in [0, 0.1) is 0 Å². The van der Waals surface area contributed by atoms with Crippen molar-refractivity contribution in [2.24, 2.45) is 0 Å². The molecule has 0 aliphatic heterocycles. The van der Waals surface area contributed by atoms with E-state index in [1.807, 2.05) is 6.92 Å². The fourth-order valence-corrected chi connectivity index (χ4v) is 2.20. The Morgan fingerprint density at radius 1 is 1.29 bits per heavy atom. The molecule has 2 rings (SSSR count). The molecule has 1 heterocycles. The SMILES string of the molecule is CCOCCCNc1ncnc2c1CCCC2. The molecule has 4 nitrogen and oxygen atoms in total. The van der Waals surface area contributed by atoms with Gasteiger partial charge in [-0.1, -0.05) is 0 Å². The zero-order valence-electron chi connectivity index (χ0n) is 10.5. The molecule has 0 spiro atoms. The molecule has 1 aliphatic carbocycles. The fourth-order valence-electron chi connectivity index (χ4n) is 2.20. The first-order valence-electron chi connectivity index (χ1n) is 6.56. The highest BCUT2D eigenvalue weighted by Gasteiger charge is 2.14. The Kier molecular flexibility index (Phi) is 4.74. The molecule has 0 fully saturated rings. The largest absolute Gasteiger partial charge is 0.382 e. The van der Waals surface area contributed by atoms with Crippen LogP contribution in [0.25, 0.3) is 0 Å². The topological polar surface area (TPSA) is 47.0 Å². The maximum absolute atomic E-state index is 5.31. The number of aromatic nitrogens is 2. The van der Waals surface area contributed by atoms with E-state index in [0.717, 1.165) is 44.8 Å². The van der Waals surface area contributed by atoms with Gasteiger partial charge in [0.1, 0.15) is 12.1 Å². The van der Waals surface area contributed by atoms with Gasteiger partial charge in [-0.3, -0.25) is 0 Å². The van der Waals surface area contributed by atoms with Gasteiger partial charge in [-0.25, -0.2) is 9.97 Å². The second-order valence-corrected chi connectivity index (χ2v) is 4.33. The number of nitrogens with zero attached hydrogens (tertiary/aromatic N) is 2. The first-order chi connectivity index (χ1) is 8.42. The predicted molar refractivity (Wildman–Crippen MR) is 68.3 cm³/mol. The summed E-state index contributed by atoms with van der Waals surface area (Å²) in [5.41, 5.74) is 2.56. The molecule has 0 atom stereocenters. The molecule has 1 N–H and O–H groups in total. The maximum atomic E-state index is 5.31. The van der Waals surface area contributed by atoms with Crippen molar-refractivity contribution in [3.63, 3.8) is 0 Å². The minimum Gasteiger partial charge on any atom is -0.382 e. The molecule has 4 heteroatoms. The van der Waals surface area contributed by atoms with Crippen molar-refractivity contribution in [1.82, 2.24) is 9.97 Å². The molecule has 0 bridgehead atoms. The summed E-state index contributed by atoms with van der Waals surface area (Å²) in [4.78, 5) is 8.71. The van der Waals surface area contributed by atoms with Crippen LogP contribution in [0.4, 0.5) is 5.82 Å². The Labute approximate surface area is 103 Å². The Morgan fingerprint density at radius 2 is 2.18 bits per heavy atom. The molecule has 1 aromatic rings. The Morgan fingerprint density at radius 3 is 3.06 bits per heavy atom. The van der Waals surface area contributed by atoms with Gasteiger partial charge in [-0.15, -0.1) is 0 Å². The second-order valence-electron chi connectivity index (χ2n) is 4.33. The first-order valence-corrected chi connectivity index (χ1v) is 6.56. The maximum Gasteiger partial charge on any atom is 0.132 e. The van der Waals surface area contributed by atoms with Crippen molar-refractivity contribution in [2.45, 2.75) is 39.0 Å². The molecule has 1 aromatic heterocycles. The summed E-state index contributed by atoms with van der Waals surface area (Å²) in [5, 5.41) is 3.40. The van der Waals surface area contributed by atoms with Crippen LogP contribution in [0.3, 0.4) is 0 Å². The van der Waals surface area contributed by atoms with Gasteiger partial charge in [-0.2, -0.15) is 0 Å². The van der Waals surface area contributed by atoms with Gasteiger partial charge >= 0.3 is 0 Å². The van der Waals surface area contributed by atoms with Crippen LogP contribution in [-0.2, 0) is 17.6 Å².